The molecule has 5 nitrogen and oxygen atoms in total. The number of anilines is 1. The Morgan fingerprint density at radius 1 is 1.18 bits per heavy atom. The van der Waals surface area contributed by atoms with Crippen molar-refractivity contribution in [1.82, 2.24) is 4.90 Å². The molecule has 2 aromatic rings. The first kappa shape index (κ1) is 19.0. The van der Waals surface area contributed by atoms with Crippen molar-refractivity contribution in [3.63, 3.8) is 0 Å². The Bertz CT molecular complexity index is 1030. The zero-order chi connectivity index (χ0) is 19.8. The quantitative estimate of drug-likeness (QED) is 0.731. The van der Waals surface area contributed by atoms with Crippen LogP contribution in [0.2, 0.25) is 0 Å². The maximum Gasteiger partial charge on any atom is 0.255 e. The molecular weight excluding hydrogens is 438 g/mol. The number of rotatable bonds is 3. The van der Waals surface area contributed by atoms with Gasteiger partial charge >= 0.3 is 0 Å². The predicted molar refractivity (Wildman–Crippen MR) is 116 cm³/mol. The number of benzene rings is 2. The Kier molecular flexibility index (Phi) is 5.12. The highest BCUT2D eigenvalue weighted by Gasteiger charge is 2.42. The van der Waals surface area contributed by atoms with Gasteiger partial charge in [-0.25, -0.2) is 4.99 Å². The van der Waals surface area contributed by atoms with Gasteiger partial charge in [0.2, 0.25) is 5.91 Å². The van der Waals surface area contributed by atoms with Gasteiger partial charge in [-0.15, -0.1) is 0 Å². The number of nitrogens with one attached hydrogen (secondary N) is 1. The Morgan fingerprint density at radius 2 is 1.89 bits per heavy atom. The summed E-state index contributed by atoms with van der Waals surface area (Å²) in [5.74, 6) is 0.0591. The first-order chi connectivity index (χ1) is 13.5. The second-order valence-electron chi connectivity index (χ2n) is 6.67. The third-order valence-corrected chi connectivity index (χ3v) is 6.27. The molecule has 28 heavy (non-hydrogen) atoms. The van der Waals surface area contributed by atoms with Gasteiger partial charge in [0.15, 0.2) is 5.17 Å². The van der Waals surface area contributed by atoms with Crippen molar-refractivity contribution in [2.75, 3.05) is 11.1 Å². The highest BCUT2D eigenvalue weighted by molar-refractivity contribution is 9.10. The number of nitrogens with zero attached hydrogens (tertiary/aromatic N) is 2. The molecule has 2 aromatic carbocycles. The lowest BCUT2D eigenvalue weighted by Gasteiger charge is -2.33. The molecule has 1 atom stereocenters. The molecule has 2 aliphatic rings. The van der Waals surface area contributed by atoms with Crippen LogP contribution in [0.5, 0.6) is 0 Å². The van der Waals surface area contributed by atoms with Crippen molar-refractivity contribution in [3.05, 3.63) is 75.4 Å². The molecule has 142 valence electrons. The number of carbonyl (C=O) groups excluding carboxylic acids is 2. The maximum atomic E-state index is 13.3. The number of thioether (sulfide) groups is 1. The van der Waals surface area contributed by atoms with Crippen LogP contribution in [0.25, 0.3) is 0 Å². The van der Waals surface area contributed by atoms with Gasteiger partial charge in [-0.3, -0.25) is 14.5 Å². The van der Waals surface area contributed by atoms with Crippen molar-refractivity contribution in [2.24, 2.45) is 4.99 Å². The molecule has 2 heterocycles. The number of aryl methyl sites for hydroxylation is 1. The zero-order valence-corrected chi connectivity index (χ0v) is 17.8. The number of hydrogen-bond acceptors (Lipinski definition) is 4. The smallest absolute Gasteiger partial charge is 0.255 e. The summed E-state index contributed by atoms with van der Waals surface area (Å²) in [5.41, 5.74) is 3.72. The van der Waals surface area contributed by atoms with Gasteiger partial charge in [-0.1, -0.05) is 58.0 Å². The number of carbonyl (C=O) groups is 2. The molecule has 0 spiro atoms. The molecule has 0 bridgehead atoms. The second-order valence-corrected chi connectivity index (χ2v) is 8.53. The SMILES string of the molecule is CC1=C(C(=O)Nc2ccccc2C)C(c2ccc(Br)cc2)N2C(=O)CSC2=N1. The number of amides is 2. The molecule has 2 aliphatic heterocycles. The third-order valence-electron chi connectivity index (χ3n) is 4.81. The molecule has 2 amide bonds. The molecule has 1 saturated heterocycles. The fraction of sp³-hybridized carbons (Fsp3) is 0.190. The second kappa shape index (κ2) is 7.56. The van der Waals surface area contributed by atoms with Gasteiger partial charge < -0.3 is 5.32 Å². The van der Waals surface area contributed by atoms with Gasteiger partial charge in [0.05, 0.1) is 23.1 Å². The third kappa shape index (κ3) is 3.40. The highest BCUT2D eigenvalue weighted by Crippen LogP contribution is 2.41. The molecule has 4 rings (SSSR count). The monoisotopic (exact) mass is 455 g/mol. The van der Waals surface area contributed by atoms with Gasteiger partial charge in [0.1, 0.15) is 0 Å². The van der Waals surface area contributed by atoms with E-state index in [0.29, 0.717) is 22.2 Å². The summed E-state index contributed by atoms with van der Waals surface area (Å²) in [7, 11) is 0. The van der Waals surface area contributed by atoms with E-state index in [1.807, 2.05) is 62.4 Å². The molecule has 7 heteroatoms. The molecule has 1 unspecified atom stereocenters. The number of aliphatic imine (C=N–C) groups is 1. The van der Waals surface area contributed by atoms with Crippen molar-refractivity contribution in [2.45, 2.75) is 19.9 Å². The van der Waals surface area contributed by atoms with Crippen LogP contribution < -0.4 is 5.32 Å². The highest BCUT2D eigenvalue weighted by atomic mass is 79.9. The summed E-state index contributed by atoms with van der Waals surface area (Å²) in [6.45, 7) is 3.77. The fourth-order valence-corrected chi connectivity index (χ4v) is 4.60. The normalized spacial score (nSPS) is 18.8. The number of allylic oxidation sites excluding steroid dienone is 1. The minimum absolute atomic E-state index is 0.0367. The van der Waals surface area contributed by atoms with Gasteiger partial charge in [0.25, 0.3) is 5.91 Å². The summed E-state index contributed by atoms with van der Waals surface area (Å²) in [6.07, 6.45) is 0. The largest absolute Gasteiger partial charge is 0.322 e. The number of para-hydroxylation sites is 1. The first-order valence-corrected chi connectivity index (χ1v) is 10.6. The maximum absolute atomic E-state index is 13.3. The van der Waals surface area contributed by atoms with Crippen molar-refractivity contribution < 1.29 is 9.59 Å². The summed E-state index contributed by atoms with van der Waals surface area (Å²) in [6, 6.07) is 14.8. The Morgan fingerprint density at radius 3 is 2.61 bits per heavy atom. The average Bonchev–Trinajstić information content (AvgIpc) is 3.03. The van der Waals surface area contributed by atoms with E-state index in [4.69, 9.17) is 0 Å². The number of halogens is 1. The molecule has 0 saturated carbocycles. The lowest BCUT2D eigenvalue weighted by molar-refractivity contribution is -0.125. The topological polar surface area (TPSA) is 61.8 Å². The summed E-state index contributed by atoms with van der Waals surface area (Å²) in [4.78, 5) is 32.1. The first-order valence-electron chi connectivity index (χ1n) is 8.82. The van der Waals surface area contributed by atoms with E-state index in [2.05, 4.69) is 26.2 Å². The minimum atomic E-state index is -0.493. The van der Waals surface area contributed by atoms with E-state index in [1.54, 1.807) is 4.90 Å². The van der Waals surface area contributed by atoms with E-state index in [0.717, 1.165) is 21.3 Å². The zero-order valence-electron chi connectivity index (χ0n) is 15.4. The summed E-state index contributed by atoms with van der Waals surface area (Å²) in [5, 5.41) is 3.65. The van der Waals surface area contributed by atoms with Gasteiger partial charge in [-0.05, 0) is 43.2 Å². The Balaban J connectivity index is 1.78. The average molecular weight is 456 g/mol. The molecule has 1 fully saturated rings. The Labute approximate surface area is 176 Å². The van der Waals surface area contributed by atoms with Crippen molar-refractivity contribution in [3.8, 4) is 0 Å². The predicted octanol–water partition coefficient (Wildman–Crippen LogP) is 4.66. The van der Waals surface area contributed by atoms with E-state index in [-0.39, 0.29) is 11.8 Å². The fourth-order valence-electron chi connectivity index (χ4n) is 3.40. The summed E-state index contributed by atoms with van der Waals surface area (Å²) < 4.78 is 0.940. The van der Waals surface area contributed by atoms with Crippen LogP contribution in [-0.2, 0) is 9.59 Å². The molecule has 1 N–H and O–H groups in total. The number of fused-ring (bicyclic) bond motifs is 1. The van der Waals surface area contributed by atoms with Crippen LogP contribution in [-0.4, -0.2) is 27.6 Å². The van der Waals surface area contributed by atoms with Crippen LogP contribution in [0.4, 0.5) is 5.69 Å². The molecule has 0 aromatic heterocycles. The summed E-state index contributed by atoms with van der Waals surface area (Å²) >= 11 is 4.86. The van der Waals surface area contributed by atoms with E-state index in [9.17, 15) is 9.59 Å². The number of hydrogen-bond donors (Lipinski definition) is 1. The van der Waals surface area contributed by atoms with Crippen LogP contribution in [0.1, 0.15) is 24.1 Å². The number of amidine groups is 1. The van der Waals surface area contributed by atoms with Crippen molar-refractivity contribution >= 4 is 50.4 Å². The molecule has 0 radical (unpaired) electrons. The van der Waals surface area contributed by atoms with Crippen LogP contribution in [0.15, 0.2) is 69.3 Å². The van der Waals surface area contributed by atoms with Gasteiger partial charge in [-0.2, -0.15) is 0 Å². The lowest BCUT2D eigenvalue weighted by Crippen LogP contribution is -2.40. The standard InChI is InChI=1S/C21H18BrN3O2S/c1-12-5-3-4-6-16(12)24-20(27)18-13(2)23-21-25(17(26)11-28-21)19(18)14-7-9-15(22)10-8-14/h3-10,19H,11H2,1-2H3,(H,24,27). The Hall–Kier alpha value is -2.38. The molecule has 0 aliphatic carbocycles. The lowest BCUT2D eigenvalue weighted by atomic mass is 9.93. The van der Waals surface area contributed by atoms with E-state index < -0.39 is 6.04 Å². The van der Waals surface area contributed by atoms with E-state index >= 15 is 0 Å². The van der Waals surface area contributed by atoms with Crippen molar-refractivity contribution in [1.29, 1.82) is 0 Å². The van der Waals surface area contributed by atoms with Crippen LogP contribution >= 0.6 is 27.7 Å². The van der Waals surface area contributed by atoms with E-state index in [1.165, 1.54) is 11.8 Å². The van der Waals surface area contributed by atoms with Gasteiger partial charge in [0, 0.05) is 10.2 Å². The van der Waals surface area contributed by atoms with Crippen LogP contribution in [0.3, 0.4) is 0 Å². The minimum Gasteiger partial charge on any atom is -0.322 e. The molecular formula is C21H18BrN3O2S. The van der Waals surface area contributed by atoms with Crippen LogP contribution in [0, 0.1) is 6.92 Å².